The molecular weight excluding hydrogens is 781 g/mol. The molecule has 0 heterocycles. The molecule has 12 heteroatoms. The summed E-state index contributed by atoms with van der Waals surface area (Å²) in [5, 5.41) is 8.90. The summed E-state index contributed by atoms with van der Waals surface area (Å²) >= 11 is 0. The Labute approximate surface area is 363 Å². The van der Waals surface area contributed by atoms with Crippen LogP contribution in [0.5, 0.6) is 0 Å². The summed E-state index contributed by atoms with van der Waals surface area (Å²) in [6, 6.07) is -1.53. The van der Waals surface area contributed by atoms with Crippen LogP contribution in [0.25, 0.3) is 0 Å². The number of ether oxygens (including phenoxy) is 2. The predicted molar refractivity (Wildman–Crippen MR) is 244 cm³/mol. The standard InChI is InChI=1S/C48H82NO10P/c1-3-5-7-9-11-13-15-17-19-21-22-24-25-27-29-31-33-35-37-39-46(50)56-41-44(42-57-60(54,55)58-43-45(49)48(52)53)59-47(51)40-38-36-34-32-30-28-26-23-20-18-16-14-12-10-8-6-4-2/h11,13-14,16-17,19,22,24,27,29,33,35,44-45H,3-10,12,15,18,20-21,23,25-26,28,30-32,34,36-43,49H2,1-2H3,(H,52,53)(H,54,55)/b13-11+,16-14+,19-17+,24-22+,29-27+,35-33+/t44-,45+/m1/s1. The van der Waals surface area contributed by atoms with Crippen molar-refractivity contribution in [2.45, 2.75) is 193 Å². The molecule has 0 saturated carbocycles. The van der Waals surface area contributed by atoms with Crippen LogP contribution in [0, 0.1) is 0 Å². The van der Waals surface area contributed by atoms with Gasteiger partial charge in [-0.3, -0.25) is 23.4 Å². The highest BCUT2D eigenvalue weighted by molar-refractivity contribution is 7.47. The molecule has 0 aliphatic heterocycles. The molecule has 0 aromatic carbocycles. The maximum atomic E-state index is 12.6. The number of carboxylic acids is 1. The molecule has 0 aromatic rings. The van der Waals surface area contributed by atoms with E-state index in [1.807, 2.05) is 12.2 Å². The summed E-state index contributed by atoms with van der Waals surface area (Å²) in [4.78, 5) is 46.0. The van der Waals surface area contributed by atoms with Gasteiger partial charge in [-0.05, 0) is 77.0 Å². The molecule has 0 bridgehead atoms. The van der Waals surface area contributed by atoms with E-state index in [4.69, 9.17) is 24.8 Å². The zero-order valence-electron chi connectivity index (χ0n) is 37.3. The number of esters is 2. The molecule has 0 aliphatic rings. The number of phosphoric acid groups is 1. The highest BCUT2D eigenvalue weighted by atomic mass is 31.2. The van der Waals surface area contributed by atoms with Crippen LogP contribution < -0.4 is 5.73 Å². The highest BCUT2D eigenvalue weighted by Crippen LogP contribution is 2.43. The number of aliphatic carboxylic acids is 1. The monoisotopic (exact) mass is 864 g/mol. The van der Waals surface area contributed by atoms with Crippen molar-refractivity contribution in [3.8, 4) is 0 Å². The molecule has 0 radical (unpaired) electrons. The number of hydrogen-bond donors (Lipinski definition) is 3. The number of phosphoric ester groups is 1. The average Bonchev–Trinajstić information content (AvgIpc) is 3.22. The third-order valence-corrected chi connectivity index (χ3v) is 10.4. The molecule has 0 aromatic heterocycles. The van der Waals surface area contributed by atoms with Crippen LogP contribution in [-0.4, -0.2) is 59.9 Å². The molecular formula is C48H82NO10P. The summed E-state index contributed by atoms with van der Waals surface area (Å²) in [5.41, 5.74) is 5.33. The van der Waals surface area contributed by atoms with Crippen molar-refractivity contribution in [3.63, 3.8) is 0 Å². The minimum Gasteiger partial charge on any atom is -0.480 e. The Morgan fingerprint density at radius 2 is 0.917 bits per heavy atom. The molecule has 0 saturated heterocycles. The van der Waals surface area contributed by atoms with E-state index in [-0.39, 0.29) is 19.4 Å². The molecule has 3 atom stereocenters. The van der Waals surface area contributed by atoms with Crippen molar-refractivity contribution in [2.24, 2.45) is 5.73 Å². The molecule has 0 aliphatic carbocycles. The lowest BCUT2D eigenvalue weighted by Crippen LogP contribution is -2.34. The van der Waals surface area contributed by atoms with E-state index in [9.17, 15) is 23.8 Å². The van der Waals surface area contributed by atoms with E-state index in [1.54, 1.807) is 0 Å². The van der Waals surface area contributed by atoms with E-state index < -0.39 is 51.1 Å². The molecule has 60 heavy (non-hydrogen) atoms. The van der Waals surface area contributed by atoms with E-state index in [0.717, 1.165) is 44.9 Å². The Morgan fingerprint density at radius 1 is 0.517 bits per heavy atom. The van der Waals surface area contributed by atoms with E-state index >= 15 is 0 Å². The summed E-state index contributed by atoms with van der Waals surface area (Å²) < 4.78 is 32.7. The molecule has 0 fully saturated rings. The van der Waals surface area contributed by atoms with Gasteiger partial charge < -0.3 is 25.2 Å². The van der Waals surface area contributed by atoms with Gasteiger partial charge in [0.25, 0.3) is 0 Å². The summed E-state index contributed by atoms with van der Waals surface area (Å²) in [6.45, 7) is 2.69. The number of carbonyl (C=O) groups excluding carboxylic acids is 2. The Morgan fingerprint density at radius 3 is 1.43 bits per heavy atom. The molecule has 0 spiro atoms. The van der Waals surface area contributed by atoms with Crippen LogP contribution in [0.3, 0.4) is 0 Å². The van der Waals surface area contributed by atoms with E-state index in [1.165, 1.54) is 96.3 Å². The number of unbranched alkanes of at least 4 members (excludes halogenated alkanes) is 16. The van der Waals surface area contributed by atoms with Gasteiger partial charge in [0.1, 0.15) is 12.6 Å². The van der Waals surface area contributed by atoms with Gasteiger partial charge in [0.2, 0.25) is 0 Å². The van der Waals surface area contributed by atoms with Gasteiger partial charge in [-0.2, -0.15) is 0 Å². The fourth-order valence-corrected chi connectivity index (χ4v) is 6.58. The zero-order chi connectivity index (χ0) is 44.2. The van der Waals surface area contributed by atoms with Gasteiger partial charge >= 0.3 is 25.7 Å². The first kappa shape index (κ1) is 56.9. The first-order valence-electron chi connectivity index (χ1n) is 23.0. The Kier molecular flexibility index (Phi) is 40.4. The smallest absolute Gasteiger partial charge is 0.472 e. The van der Waals surface area contributed by atoms with Gasteiger partial charge in [0, 0.05) is 12.8 Å². The van der Waals surface area contributed by atoms with Gasteiger partial charge in [0.05, 0.1) is 13.2 Å². The number of allylic oxidation sites excluding steroid dienone is 12. The number of carboxylic acid groups (broad SMARTS) is 1. The van der Waals surface area contributed by atoms with Crippen molar-refractivity contribution in [1.29, 1.82) is 0 Å². The van der Waals surface area contributed by atoms with Crippen LogP contribution in [-0.2, 0) is 37.5 Å². The molecule has 1 unspecified atom stereocenters. The SMILES string of the molecule is CCCCC/C=C/C/C=C/C/C=C/C/C=C/C/C=C/CCC(=O)OC[C@H](COP(=O)(O)OC[C@H](N)C(=O)O)OC(=O)CCCCCCCCCCC/C=C/CCCCCC. The quantitative estimate of drug-likeness (QED) is 0.0231. The minimum atomic E-state index is -4.74. The largest absolute Gasteiger partial charge is 0.480 e. The van der Waals surface area contributed by atoms with Crippen molar-refractivity contribution in [1.82, 2.24) is 0 Å². The number of nitrogens with two attached hydrogens (primary N) is 1. The second kappa shape index (κ2) is 42.6. The van der Waals surface area contributed by atoms with Crippen molar-refractivity contribution >= 4 is 25.7 Å². The third kappa shape index (κ3) is 41.6. The third-order valence-electron chi connectivity index (χ3n) is 9.44. The average molecular weight is 864 g/mol. The second-order valence-corrected chi connectivity index (χ2v) is 16.6. The summed E-state index contributed by atoms with van der Waals surface area (Å²) in [5.74, 6) is -2.49. The Hall–Kier alpha value is -3.08. The Balaban J connectivity index is 4.46. The maximum absolute atomic E-state index is 12.6. The fourth-order valence-electron chi connectivity index (χ4n) is 5.81. The van der Waals surface area contributed by atoms with Crippen molar-refractivity contribution in [2.75, 3.05) is 19.8 Å². The lowest BCUT2D eigenvalue weighted by atomic mass is 10.1. The predicted octanol–water partition coefficient (Wildman–Crippen LogP) is 12.5. The topological polar surface area (TPSA) is 172 Å². The number of rotatable bonds is 42. The van der Waals surface area contributed by atoms with E-state index in [2.05, 4.69) is 79.1 Å². The molecule has 11 nitrogen and oxygen atoms in total. The number of carbonyl (C=O) groups is 3. The minimum absolute atomic E-state index is 0.0952. The van der Waals surface area contributed by atoms with Crippen LogP contribution in [0.2, 0.25) is 0 Å². The first-order chi connectivity index (χ1) is 29.1. The van der Waals surface area contributed by atoms with Gasteiger partial charge in [0.15, 0.2) is 6.10 Å². The second-order valence-electron chi connectivity index (χ2n) is 15.2. The lowest BCUT2D eigenvalue weighted by molar-refractivity contribution is -0.161. The summed E-state index contributed by atoms with van der Waals surface area (Å²) in [7, 11) is -4.74. The lowest BCUT2D eigenvalue weighted by Gasteiger charge is -2.20. The van der Waals surface area contributed by atoms with Crippen LogP contribution in [0.4, 0.5) is 0 Å². The van der Waals surface area contributed by atoms with Crippen LogP contribution in [0.1, 0.15) is 181 Å². The normalized spacial score (nSPS) is 14.3. The zero-order valence-corrected chi connectivity index (χ0v) is 38.2. The van der Waals surface area contributed by atoms with Crippen LogP contribution >= 0.6 is 7.82 Å². The van der Waals surface area contributed by atoms with Crippen molar-refractivity contribution < 1.29 is 47.5 Å². The fraction of sp³-hybridized carbons (Fsp3) is 0.688. The molecule has 4 N–H and O–H groups in total. The molecule has 0 rings (SSSR count). The van der Waals surface area contributed by atoms with Crippen molar-refractivity contribution in [3.05, 3.63) is 72.9 Å². The molecule has 344 valence electrons. The van der Waals surface area contributed by atoms with Gasteiger partial charge in [-0.15, -0.1) is 0 Å². The summed E-state index contributed by atoms with van der Waals surface area (Å²) in [6.07, 6.45) is 51.2. The molecule has 0 amide bonds. The van der Waals surface area contributed by atoms with E-state index in [0.29, 0.717) is 12.8 Å². The first-order valence-corrected chi connectivity index (χ1v) is 24.5. The van der Waals surface area contributed by atoms with Gasteiger partial charge in [-0.1, -0.05) is 164 Å². The van der Waals surface area contributed by atoms with Crippen LogP contribution in [0.15, 0.2) is 72.9 Å². The Bertz CT molecular complexity index is 1290. The highest BCUT2D eigenvalue weighted by Gasteiger charge is 2.28. The van der Waals surface area contributed by atoms with Gasteiger partial charge in [-0.25, -0.2) is 4.57 Å². The maximum Gasteiger partial charge on any atom is 0.472 e. The number of hydrogen-bond acceptors (Lipinski definition) is 9.